The Morgan fingerprint density at radius 2 is 1.18 bits per heavy atom. The minimum atomic E-state index is 0.854. The monoisotopic (exact) mass is 238 g/mol. The summed E-state index contributed by atoms with van der Waals surface area (Å²) in [5.41, 5.74) is 0. The van der Waals surface area contributed by atoms with Crippen LogP contribution in [0.5, 0.6) is 0 Å². The Hall–Kier alpha value is -1.72. The number of aromatic nitrogens is 6. The highest BCUT2D eigenvalue weighted by Crippen LogP contribution is 1.80. The highest BCUT2D eigenvalue weighted by molar-refractivity contribution is 4.59. The second-order valence-corrected chi connectivity index (χ2v) is 2.84. The van der Waals surface area contributed by atoms with Crippen LogP contribution in [0.4, 0.5) is 0 Å². The lowest BCUT2D eigenvalue weighted by Gasteiger charge is -1.90. The number of rotatable bonds is 3. The molecule has 0 saturated heterocycles. The van der Waals surface area contributed by atoms with Gasteiger partial charge >= 0.3 is 0 Å². The van der Waals surface area contributed by atoms with Crippen LogP contribution in [0.2, 0.25) is 0 Å². The van der Waals surface area contributed by atoms with Gasteiger partial charge in [0.2, 0.25) is 0 Å². The quantitative estimate of drug-likeness (QED) is 0.820. The van der Waals surface area contributed by atoms with Gasteiger partial charge in [0.1, 0.15) is 0 Å². The van der Waals surface area contributed by atoms with Crippen molar-refractivity contribution in [2.75, 3.05) is 0 Å². The molecule has 0 aliphatic carbocycles. The van der Waals surface area contributed by atoms with E-state index in [9.17, 15) is 0 Å². The van der Waals surface area contributed by atoms with Gasteiger partial charge in [-0.3, -0.25) is 0 Å². The highest BCUT2D eigenvalue weighted by Gasteiger charge is 1.84. The number of hydrogen-bond acceptors (Lipinski definition) is 4. The van der Waals surface area contributed by atoms with Crippen LogP contribution in [0, 0.1) is 0 Å². The lowest BCUT2D eigenvalue weighted by atomic mass is 10.5. The van der Waals surface area contributed by atoms with Crippen LogP contribution in [-0.2, 0) is 13.1 Å². The van der Waals surface area contributed by atoms with Crippen LogP contribution in [0.1, 0.15) is 34.1 Å². The lowest BCUT2D eigenvalue weighted by Crippen LogP contribution is -1.99. The first kappa shape index (κ1) is 15.3. The molecule has 2 aromatic rings. The summed E-state index contributed by atoms with van der Waals surface area (Å²) in [6.07, 6.45) is 7.81. The molecular formula is C11H22N6. The topological polar surface area (TPSA) is 61.4 Å². The molecule has 96 valence electrons. The summed E-state index contributed by atoms with van der Waals surface area (Å²) in [5.74, 6) is 0. The van der Waals surface area contributed by atoms with Gasteiger partial charge in [-0.1, -0.05) is 20.8 Å². The van der Waals surface area contributed by atoms with Gasteiger partial charge < -0.3 is 0 Å². The first-order chi connectivity index (χ1) is 8.36. The minimum Gasteiger partial charge on any atom is -0.185 e. The number of aryl methyl sites for hydroxylation is 2. The van der Waals surface area contributed by atoms with Crippen molar-refractivity contribution in [2.24, 2.45) is 0 Å². The van der Waals surface area contributed by atoms with Gasteiger partial charge in [-0.2, -0.15) is 30.0 Å². The molecule has 0 aliphatic heterocycles. The van der Waals surface area contributed by atoms with Crippen molar-refractivity contribution in [1.29, 1.82) is 0 Å². The lowest BCUT2D eigenvalue weighted by molar-refractivity contribution is 0.528. The molecule has 6 heteroatoms. The molecule has 0 unspecified atom stereocenters. The van der Waals surface area contributed by atoms with E-state index in [-0.39, 0.29) is 0 Å². The fraction of sp³-hybridized carbons (Fsp3) is 0.636. The molecule has 0 N–H and O–H groups in total. The average molecular weight is 238 g/mol. The van der Waals surface area contributed by atoms with E-state index < -0.39 is 0 Å². The van der Waals surface area contributed by atoms with Crippen molar-refractivity contribution in [3.63, 3.8) is 0 Å². The van der Waals surface area contributed by atoms with E-state index in [0.29, 0.717) is 0 Å². The van der Waals surface area contributed by atoms with E-state index in [1.165, 1.54) is 0 Å². The van der Waals surface area contributed by atoms with E-state index >= 15 is 0 Å². The number of hydrogen-bond donors (Lipinski definition) is 0. The Morgan fingerprint density at radius 1 is 0.765 bits per heavy atom. The summed E-state index contributed by atoms with van der Waals surface area (Å²) in [4.78, 5) is 3.31. The van der Waals surface area contributed by atoms with E-state index in [2.05, 4.69) is 27.3 Å². The smallest absolute Gasteiger partial charge is 0.0693 e. The summed E-state index contributed by atoms with van der Waals surface area (Å²) < 4.78 is 0. The average Bonchev–Trinajstić information content (AvgIpc) is 3.05. The SMILES string of the molecule is CC.CCCn1nccn1.CCn1nccn1. The number of nitrogens with zero attached hydrogens (tertiary/aromatic N) is 6. The molecule has 0 spiro atoms. The van der Waals surface area contributed by atoms with Crippen LogP contribution < -0.4 is 0 Å². The maximum Gasteiger partial charge on any atom is 0.0693 e. The molecular weight excluding hydrogens is 216 g/mol. The molecule has 0 amide bonds. The molecule has 17 heavy (non-hydrogen) atoms. The van der Waals surface area contributed by atoms with Gasteiger partial charge in [0.05, 0.1) is 37.9 Å². The molecule has 0 bridgehead atoms. The van der Waals surface area contributed by atoms with Crippen molar-refractivity contribution in [2.45, 2.75) is 47.2 Å². The summed E-state index contributed by atoms with van der Waals surface area (Å²) in [7, 11) is 0. The van der Waals surface area contributed by atoms with Gasteiger partial charge in [0.25, 0.3) is 0 Å². The largest absolute Gasteiger partial charge is 0.185 e. The van der Waals surface area contributed by atoms with Crippen LogP contribution in [0.3, 0.4) is 0 Å². The molecule has 2 rings (SSSR count). The van der Waals surface area contributed by atoms with E-state index in [1.54, 1.807) is 34.4 Å². The zero-order chi connectivity index (χ0) is 12.9. The van der Waals surface area contributed by atoms with Crippen molar-refractivity contribution in [3.8, 4) is 0 Å². The maximum absolute atomic E-state index is 3.91. The minimum absolute atomic E-state index is 0.854. The van der Waals surface area contributed by atoms with Gasteiger partial charge in [0.15, 0.2) is 0 Å². The summed E-state index contributed by atoms with van der Waals surface area (Å²) in [5, 5.41) is 15.5. The van der Waals surface area contributed by atoms with Crippen LogP contribution >= 0.6 is 0 Å². The van der Waals surface area contributed by atoms with Crippen LogP contribution in [0.15, 0.2) is 24.8 Å². The molecule has 2 heterocycles. The van der Waals surface area contributed by atoms with Gasteiger partial charge in [-0.15, -0.1) is 0 Å². The van der Waals surface area contributed by atoms with E-state index in [4.69, 9.17) is 0 Å². The van der Waals surface area contributed by atoms with Crippen molar-refractivity contribution < 1.29 is 0 Å². The second-order valence-electron chi connectivity index (χ2n) is 2.84. The van der Waals surface area contributed by atoms with Gasteiger partial charge in [-0.05, 0) is 13.3 Å². The first-order valence-electron chi connectivity index (χ1n) is 6.05. The van der Waals surface area contributed by atoms with Crippen molar-refractivity contribution >= 4 is 0 Å². The van der Waals surface area contributed by atoms with E-state index in [0.717, 1.165) is 19.5 Å². The second kappa shape index (κ2) is 10.8. The molecule has 0 fully saturated rings. The van der Waals surface area contributed by atoms with Crippen molar-refractivity contribution in [1.82, 2.24) is 30.0 Å². The normalized spacial score (nSPS) is 8.71. The molecule has 0 aliphatic rings. The fourth-order valence-electron chi connectivity index (χ4n) is 0.965. The van der Waals surface area contributed by atoms with Crippen molar-refractivity contribution in [3.05, 3.63) is 24.8 Å². The maximum atomic E-state index is 3.91. The molecule has 6 nitrogen and oxygen atoms in total. The highest BCUT2D eigenvalue weighted by atomic mass is 15.5. The van der Waals surface area contributed by atoms with Crippen LogP contribution in [0.25, 0.3) is 0 Å². The predicted octanol–water partition coefficient (Wildman–Crippen LogP) is 2.01. The zero-order valence-electron chi connectivity index (χ0n) is 11.1. The molecule has 0 radical (unpaired) electrons. The summed E-state index contributed by atoms with van der Waals surface area (Å²) in [6.45, 7) is 9.88. The first-order valence-corrected chi connectivity index (χ1v) is 6.05. The molecule has 0 saturated carbocycles. The third-order valence-corrected chi connectivity index (χ3v) is 1.64. The Morgan fingerprint density at radius 3 is 1.47 bits per heavy atom. The Bertz CT molecular complexity index is 327. The standard InChI is InChI=1S/C5H9N3.C4H7N3.C2H6/c1-2-5-8-6-3-4-7-8;1-2-7-5-3-4-6-7;1-2/h3-4H,2,5H2,1H3;3-4H,2H2,1H3;1-2H3. The molecule has 2 aromatic heterocycles. The molecule has 0 atom stereocenters. The van der Waals surface area contributed by atoms with Gasteiger partial charge in [0, 0.05) is 0 Å². The van der Waals surface area contributed by atoms with E-state index in [1.807, 2.05) is 20.8 Å². The third kappa shape index (κ3) is 7.21. The zero-order valence-corrected chi connectivity index (χ0v) is 11.1. The predicted molar refractivity (Wildman–Crippen MR) is 67.4 cm³/mol. The Kier molecular flexibility index (Phi) is 9.70. The Balaban J connectivity index is 0.000000265. The summed E-state index contributed by atoms with van der Waals surface area (Å²) in [6, 6.07) is 0. The third-order valence-electron chi connectivity index (χ3n) is 1.64. The van der Waals surface area contributed by atoms with Gasteiger partial charge in [-0.25, -0.2) is 0 Å². The fourth-order valence-corrected chi connectivity index (χ4v) is 0.965. The van der Waals surface area contributed by atoms with Crippen LogP contribution in [-0.4, -0.2) is 30.0 Å². The molecule has 0 aromatic carbocycles. The summed E-state index contributed by atoms with van der Waals surface area (Å²) >= 11 is 0. The Labute approximate surface area is 103 Å².